The maximum atomic E-state index is 11.4. The number of esters is 1. The van der Waals surface area contributed by atoms with Gasteiger partial charge in [0.25, 0.3) is 10.1 Å². The number of carboxylic acids is 1. The van der Waals surface area contributed by atoms with E-state index in [-0.39, 0.29) is 6.61 Å². The SMILES string of the molecule is CC(C)CCCCCCCOC(=O)CC(C(=O)O)S(=O)(=O)O. The predicted octanol–water partition coefficient (Wildman–Crippen LogP) is 2.26. The molecule has 0 aromatic carbocycles. The number of carbonyl (C=O) groups excluding carboxylic acids is 1. The third-order valence-corrected chi connectivity index (χ3v) is 4.26. The van der Waals surface area contributed by atoms with Crippen LogP contribution in [0.5, 0.6) is 0 Å². The molecule has 0 saturated carbocycles. The molecule has 0 saturated heterocycles. The number of aliphatic carboxylic acids is 1. The normalized spacial score (nSPS) is 13.1. The molecule has 2 N–H and O–H groups in total. The fraction of sp³-hybridized carbons (Fsp3) is 0.857. The number of carbonyl (C=O) groups is 2. The van der Waals surface area contributed by atoms with Gasteiger partial charge < -0.3 is 9.84 Å². The van der Waals surface area contributed by atoms with Gasteiger partial charge in [-0.2, -0.15) is 8.42 Å². The molecular formula is C14H26O7S. The molecule has 130 valence electrons. The summed E-state index contributed by atoms with van der Waals surface area (Å²) < 4.78 is 35.1. The van der Waals surface area contributed by atoms with Crippen molar-refractivity contribution in [2.45, 2.75) is 64.0 Å². The zero-order chi connectivity index (χ0) is 17.2. The summed E-state index contributed by atoms with van der Waals surface area (Å²) in [6, 6.07) is 0. The van der Waals surface area contributed by atoms with Crippen molar-refractivity contribution < 1.29 is 32.4 Å². The summed E-state index contributed by atoms with van der Waals surface area (Å²) in [6.07, 6.45) is 5.18. The zero-order valence-electron chi connectivity index (χ0n) is 13.2. The van der Waals surface area contributed by atoms with Gasteiger partial charge in [-0.1, -0.05) is 46.0 Å². The molecule has 0 spiro atoms. The summed E-state index contributed by atoms with van der Waals surface area (Å²) in [5.74, 6) is -2.01. The molecule has 1 atom stereocenters. The Balaban J connectivity index is 3.80. The van der Waals surface area contributed by atoms with Gasteiger partial charge in [0, 0.05) is 0 Å². The Kier molecular flexibility index (Phi) is 10.0. The second-order valence-corrected chi connectivity index (χ2v) is 7.32. The average molecular weight is 338 g/mol. The first-order valence-electron chi connectivity index (χ1n) is 7.49. The lowest BCUT2D eigenvalue weighted by atomic mass is 10.0. The van der Waals surface area contributed by atoms with Crippen LogP contribution in [0, 0.1) is 5.92 Å². The monoisotopic (exact) mass is 338 g/mol. The van der Waals surface area contributed by atoms with Crippen LogP contribution in [0.25, 0.3) is 0 Å². The highest BCUT2D eigenvalue weighted by Crippen LogP contribution is 2.11. The summed E-state index contributed by atoms with van der Waals surface area (Å²) >= 11 is 0. The Morgan fingerprint density at radius 2 is 1.59 bits per heavy atom. The van der Waals surface area contributed by atoms with E-state index in [0.717, 1.165) is 19.3 Å². The van der Waals surface area contributed by atoms with Gasteiger partial charge in [-0.15, -0.1) is 0 Å². The van der Waals surface area contributed by atoms with E-state index in [2.05, 4.69) is 13.8 Å². The molecule has 0 heterocycles. The lowest BCUT2D eigenvalue weighted by Crippen LogP contribution is -2.32. The summed E-state index contributed by atoms with van der Waals surface area (Å²) in [5.41, 5.74) is 0. The summed E-state index contributed by atoms with van der Waals surface area (Å²) in [6.45, 7) is 4.48. The molecule has 8 heteroatoms. The van der Waals surface area contributed by atoms with E-state index in [4.69, 9.17) is 14.4 Å². The topological polar surface area (TPSA) is 118 Å². The first kappa shape index (κ1) is 20.9. The first-order chi connectivity index (χ1) is 10.1. The van der Waals surface area contributed by atoms with Gasteiger partial charge in [-0.05, 0) is 12.3 Å². The Morgan fingerprint density at radius 1 is 1.05 bits per heavy atom. The van der Waals surface area contributed by atoms with Crippen molar-refractivity contribution in [3.8, 4) is 0 Å². The Morgan fingerprint density at radius 3 is 2.09 bits per heavy atom. The maximum absolute atomic E-state index is 11.4. The van der Waals surface area contributed by atoms with E-state index in [1.54, 1.807) is 0 Å². The molecule has 22 heavy (non-hydrogen) atoms. The number of carboxylic acid groups (broad SMARTS) is 1. The maximum Gasteiger partial charge on any atom is 0.325 e. The fourth-order valence-electron chi connectivity index (χ4n) is 1.90. The third kappa shape index (κ3) is 10.6. The zero-order valence-corrected chi connectivity index (χ0v) is 14.0. The van der Waals surface area contributed by atoms with E-state index < -0.39 is 33.7 Å². The molecular weight excluding hydrogens is 312 g/mol. The van der Waals surface area contributed by atoms with Gasteiger partial charge in [-0.3, -0.25) is 14.1 Å². The minimum absolute atomic E-state index is 0.126. The number of ether oxygens (including phenoxy) is 1. The molecule has 0 aliphatic rings. The largest absolute Gasteiger partial charge is 0.480 e. The Bertz CT molecular complexity index is 442. The van der Waals surface area contributed by atoms with Crippen molar-refractivity contribution in [2.75, 3.05) is 6.61 Å². The Labute approximate surface area is 131 Å². The summed E-state index contributed by atoms with van der Waals surface area (Å²) in [7, 11) is -4.81. The molecule has 1 unspecified atom stereocenters. The highest BCUT2D eigenvalue weighted by molar-refractivity contribution is 7.87. The summed E-state index contributed by atoms with van der Waals surface area (Å²) in [5, 5.41) is 6.47. The predicted molar refractivity (Wildman–Crippen MR) is 81.1 cm³/mol. The number of unbranched alkanes of at least 4 members (excludes halogenated alkanes) is 4. The minimum Gasteiger partial charge on any atom is -0.480 e. The lowest BCUT2D eigenvalue weighted by Gasteiger charge is -2.09. The van der Waals surface area contributed by atoms with Gasteiger partial charge in [0.1, 0.15) is 0 Å². The van der Waals surface area contributed by atoms with Gasteiger partial charge in [0.15, 0.2) is 5.25 Å². The number of hydrogen-bond acceptors (Lipinski definition) is 5. The van der Waals surface area contributed by atoms with Crippen LogP contribution < -0.4 is 0 Å². The average Bonchev–Trinajstić information content (AvgIpc) is 2.37. The number of hydrogen-bond donors (Lipinski definition) is 2. The van der Waals surface area contributed by atoms with Gasteiger partial charge in [-0.25, -0.2) is 0 Å². The third-order valence-electron chi connectivity index (χ3n) is 3.18. The smallest absolute Gasteiger partial charge is 0.325 e. The van der Waals surface area contributed by atoms with E-state index >= 15 is 0 Å². The van der Waals surface area contributed by atoms with Crippen LogP contribution in [0.15, 0.2) is 0 Å². The molecule has 0 bridgehead atoms. The van der Waals surface area contributed by atoms with Crippen LogP contribution in [0.4, 0.5) is 0 Å². The van der Waals surface area contributed by atoms with E-state index in [0.29, 0.717) is 12.3 Å². The van der Waals surface area contributed by atoms with Crippen molar-refractivity contribution in [1.82, 2.24) is 0 Å². The minimum atomic E-state index is -4.81. The fourth-order valence-corrected chi connectivity index (χ4v) is 2.50. The molecule has 0 rings (SSSR count). The van der Waals surface area contributed by atoms with E-state index in [1.807, 2.05) is 0 Å². The van der Waals surface area contributed by atoms with Crippen LogP contribution >= 0.6 is 0 Å². The molecule has 0 radical (unpaired) electrons. The highest BCUT2D eigenvalue weighted by atomic mass is 32.2. The van der Waals surface area contributed by atoms with Crippen LogP contribution in [0.2, 0.25) is 0 Å². The van der Waals surface area contributed by atoms with Gasteiger partial charge in [0.05, 0.1) is 13.0 Å². The van der Waals surface area contributed by atoms with Gasteiger partial charge >= 0.3 is 11.9 Å². The second-order valence-electron chi connectivity index (χ2n) is 5.72. The molecule has 7 nitrogen and oxygen atoms in total. The number of rotatable bonds is 12. The van der Waals surface area contributed by atoms with Crippen LogP contribution in [0.1, 0.15) is 58.8 Å². The molecule has 0 aliphatic carbocycles. The Hall–Kier alpha value is -1.15. The summed E-state index contributed by atoms with van der Waals surface area (Å²) in [4.78, 5) is 22.0. The standard InChI is InChI=1S/C14H26O7S/c1-11(2)8-6-4-3-5-7-9-21-13(15)10-12(14(16)17)22(18,19)20/h11-12H,3-10H2,1-2H3,(H,16,17)(H,18,19,20). The quantitative estimate of drug-likeness (QED) is 0.318. The molecule has 0 aromatic heterocycles. The molecule has 0 amide bonds. The van der Waals surface area contributed by atoms with Crippen molar-refractivity contribution >= 4 is 22.1 Å². The van der Waals surface area contributed by atoms with E-state index in [1.165, 1.54) is 12.8 Å². The van der Waals surface area contributed by atoms with Crippen molar-refractivity contribution in [3.63, 3.8) is 0 Å². The van der Waals surface area contributed by atoms with Gasteiger partial charge in [0.2, 0.25) is 0 Å². The van der Waals surface area contributed by atoms with Crippen LogP contribution in [-0.4, -0.2) is 41.9 Å². The van der Waals surface area contributed by atoms with Crippen molar-refractivity contribution in [1.29, 1.82) is 0 Å². The molecule has 0 fully saturated rings. The van der Waals surface area contributed by atoms with Crippen LogP contribution in [-0.2, 0) is 24.4 Å². The second kappa shape index (κ2) is 10.6. The highest BCUT2D eigenvalue weighted by Gasteiger charge is 2.33. The van der Waals surface area contributed by atoms with Crippen molar-refractivity contribution in [2.24, 2.45) is 5.92 Å². The van der Waals surface area contributed by atoms with E-state index in [9.17, 15) is 18.0 Å². The molecule has 0 aromatic rings. The first-order valence-corrected chi connectivity index (χ1v) is 8.99. The van der Waals surface area contributed by atoms with Crippen LogP contribution in [0.3, 0.4) is 0 Å². The van der Waals surface area contributed by atoms with Crippen molar-refractivity contribution in [3.05, 3.63) is 0 Å². The lowest BCUT2D eigenvalue weighted by molar-refractivity contribution is -0.147. The molecule has 0 aliphatic heterocycles.